The van der Waals surface area contributed by atoms with Crippen molar-refractivity contribution in [2.24, 2.45) is 23.0 Å². The van der Waals surface area contributed by atoms with Crippen LogP contribution in [0.1, 0.15) is 84.3 Å². The molecule has 2 rings (SSSR count). The topological polar surface area (TPSA) is 146 Å². The molecule has 1 aliphatic heterocycles. The predicted octanol–water partition coefficient (Wildman–Crippen LogP) is 3.96. The number of epoxide rings is 1. The van der Waals surface area contributed by atoms with Crippen LogP contribution in [-0.4, -0.2) is 62.0 Å². The number of aliphatic hydroxyl groups excluding tert-OH is 2. The van der Waals surface area contributed by atoms with E-state index in [2.05, 4.69) is 11.9 Å². The van der Waals surface area contributed by atoms with Gasteiger partial charge in [0.05, 0.1) is 46.5 Å². The fourth-order valence-electron chi connectivity index (χ4n) is 4.78. The lowest BCUT2D eigenvalue weighted by Crippen LogP contribution is -2.45. The maximum absolute atomic E-state index is 12.9. The number of aliphatic carboxylic acids is 1. The van der Waals surface area contributed by atoms with Crippen LogP contribution in [0.2, 0.25) is 0 Å². The van der Waals surface area contributed by atoms with Crippen LogP contribution < -0.4 is 5.73 Å². The van der Waals surface area contributed by atoms with Crippen molar-refractivity contribution in [3.63, 3.8) is 0 Å². The number of rotatable bonds is 15. The van der Waals surface area contributed by atoms with Gasteiger partial charge in [0.15, 0.2) is 0 Å². The Kier molecular flexibility index (Phi) is 10.4. The average molecular weight is 525 g/mol. The first kappa shape index (κ1) is 30.6. The maximum Gasteiger partial charge on any atom is 0.306 e. The lowest BCUT2D eigenvalue weighted by atomic mass is 9.73. The number of aromatic nitrogens is 1. The number of ketones is 1. The fourth-order valence-corrected chi connectivity index (χ4v) is 5.35. The van der Waals surface area contributed by atoms with Gasteiger partial charge in [-0.15, -0.1) is 11.3 Å². The van der Waals surface area contributed by atoms with Crippen LogP contribution >= 0.6 is 11.3 Å². The van der Waals surface area contributed by atoms with Crippen molar-refractivity contribution in [1.29, 1.82) is 0 Å². The fraction of sp³-hybridized carbons (Fsp3) is 0.741. The summed E-state index contributed by atoms with van der Waals surface area (Å²) >= 11 is 1.61. The van der Waals surface area contributed by atoms with Crippen LogP contribution in [0, 0.1) is 24.2 Å². The quantitative estimate of drug-likeness (QED) is 0.252. The highest BCUT2D eigenvalue weighted by molar-refractivity contribution is 7.09. The number of carboxylic acids is 1. The second-order valence-corrected chi connectivity index (χ2v) is 12.4. The number of Topliss-reactive ketones (excluding diaryl/α,β-unsaturated/α-hetero) is 1. The maximum atomic E-state index is 12.9. The first-order valence-electron chi connectivity index (χ1n) is 12.7. The number of thiazole rings is 1. The first-order valence-corrected chi connectivity index (χ1v) is 13.6. The summed E-state index contributed by atoms with van der Waals surface area (Å²) in [7, 11) is 0. The molecule has 1 unspecified atom stereocenters. The zero-order valence-electron chi connectivity index (χ0n) is 22.7. The molecule has 1 saturated heterocycles. The van der Waals surface area contributed by atoms with Gasteiger partial charge in [-0.2, -0.15) is 0 Å². The Labute approximate surface area is 219 Å². The molecule has 9 heteroatoms. The van der Waals surface area contributed by atoms with E-state index < -0.39 is 35.9 Å². The summed E-state index contributed by atoms with van der Waals surface area (Å²) in [6.07, 6.45) is 2.53. The number of aliphatic hydroxyl groups is 2. The van der Waals surface area contributed by atoms with Gasteiger partial charge in [0, 0.05) is 17.3 Å². The van der Waals surface area contributed by atoms with Crippen LogP contribution in [0.4, 0.5) is 0 Å². The standard InChI is InChI=1S/C27H44N2O6S/c1-15(24(33)17(3)25(34)26(5,6)21(30)13-23(31)32)9-8-10-27(7)22(35-27)12-20(28)16(2)11-19-14-36-18(4)29-19/h11,14-15,17,20-22,24,30,33H,8-10,12-13,28H2,1-7H3,(H,31,32)/b16-11+/t15-,17+,20-,21-,22?,24-,27+/m0/s1. The van der Waals surface area contributed by atoms with Gasteiger partial charge < -0.3 is 25.8 Å². The highest BCUT2D eigenvalue weighted by Crippen LogP contribution is 2.44. The molecule has 2 heterocycles. The number of carbonyl (C=O) groups excluding carboxylic acids is 1. The third-order valence-electron chi connectivity index (χ3n) is 7.78. The van der Waals surface area contributed by atoms with Gasteiger partial charge in [-0.05, 0) is 52.0 Å². The molecule has 0 aromatic carbocycles. The van der Waals surface area contributed by atoms with E-state index in [9.17, 15) is 19.8 Å². The molecule has 7 atom stereocenters. The van der Waals surface area contributed by atoms with Gasteiger partial charge in [-0.1, -0.05) is 39.7 Å². The van der Waals surface area contributed by atoms with Crippen LogP contribution in [-0.2, 0) is 14.3 Å². The molecule has 0 spiro atoms. The van der Waals surface area contributed by atoms with Gasteiger partial charge in [0.1, 0.15) is 5.78 Å². The smallest absolute Gasteiger partial charge is 0.306 e. The minimum Gasteiger partial charge on any atom is -0.481 e. The molecule has 0 aliphatic carbocycles. The molecule has 0 saturated carbocycles. The summed E-state index contributed by atoms with van der Waals surface area (Å²) in [6.45, 7) is 12.7. The molecule has 1 aliphatic rings. The Balaban J connectivity index is 1.80. The van der Waals surface area contributed by atoms with E-state index in [1.54, 1.807) is 18.3 Å². The molecule has 36 heavy (non-hydrogen) atoms. The highest BCUT2D eigenvalue weighted by Gasteiger charge is 2.51. The van der Waals surface area contributed by atoms with E-state index in [-0.39, 0.29) is 29.4 Å². The number of ether oxygens (including phenoxy) is 1. The first-order chi connectivity index (χ1) is 16.6. The lowest BCUT2D eigenvalue weighted by Gasteiger charge is -2.34. The average Bonchev–Trinajstić information content (AvgIpc) is 3.22. The van der Waals surface area contributed by atoms with Crippen LogP contribution in [0.25, 0.3) is 6.08 Å². The number of nitrogens with zero attached hydrogens (tertiary/aromatic N) is 1. The number of carboxylic acid groups (broad SMARTS) is 1. The molecule has 5 N–H and O–H groups in total. The van der Waals surface area contributed by atoms with Crippen LogP contribution in [0.3, 0.4) is 0 Å². The SMILES string of the molecule is C/C(=C\c1csc(C)n1)[C@@H](N)CC1O[C@]1(C)CCC[C@H](C)[C@H](O)[C@@H](C)C(=O)C(C)(C)[C@@H](O)CC(=O)O. The predicted molar refractivity (Wildman–Crippen MR) is 142 cm³/mol. The minimum absolute atomic E-state index is 0.0882. The van der Waals surface area contributed by atoms with Crippen molar-refractivity contribution in [2.75, 3.05) is 0 Å². The molecule has 8 nitrogen and oxygen atoms in total. The molecular weight excluding hydrogens is 480 g/mol. The summed E-state index contributed by atoms with van der Waals surface area (Å²) in [6, 6.07) is -0.105. The highest BCUT2D eigenvalue weighted by atomic mass is 32.1. The third-order valence-corrected chi connectivity index (χ3v) is 8.57. The number of hydrogen-bond acceptors (Lipinski definition) is 8. The van der Waals surface area contributed by atoms with Crippen molar-refractivity contribution in [1.82, 2.24) is 4.98 Å². The Hall–Kier alpha value is -1.65. The van der Waals surface area contributed by atoms with Crippen molar-refractivity contribution < 1.29 is 29.6 Å². The third kappa shape index (κ3) is 7.92. The van der Waals surface area contributed by atoms with E-state index in [1.165, 1.54) is 13.8 Å². The number of carbonyl (C=O) groups is 2. The van der Waals surface area contributed by atoms with Crippen LogP contribution in [0.15, 0.2) is 11.0 Å². The summed E-state index contributed by atoms with van der Waals surface area (Å²) in [5.41, 5.74) is 6.92. The molecule has 1 fully saturated rings. The van der Waals surface area contributed by atoms with Crippen LogP contribution in [0.5, 0.6) is 0 Å². The van der Waals surface area contributed by atoms with Gasteiger partial charge in [-0.3, -0.25) is 9.59 Å². The molecular formula is C27H44N2O6S. The van der Waals surface area contributed by atoms with Crippen molar-refractivity contribution in [2.45, 2.75) is 111 Å². The summed E-state index contributed by atoms with van der Waals surface area (Å²) in [5.74, 6) is -2.35. The normalized spacial score (nSPS) is 24.6. The Morgan fingerprint density at radius 3 is 2.53 bits per heavy atom. The van der Waals surface area contributed by atoms with E-state index in [4.69, 9.17) is 15.6 Å². The van der Waals surface area contributed by atoms with E-state index in [1.807, 2.05) is 32.2 Å². The molecule has 0 bridgehead atoms. The largest absolute Gasteiger partial charge is 0.481 e. The summed E-state index contributed by atoms with van der Waals surface area (Å²) in [4.78, 5) is 28.3. The number of aryl methyl sites for hydroxylation is 1. The molecule has 0 radical (unpaired) electrons. The van der Waals surface area contributed by atoms with Gasteiger partial charge in [0.25, 0.3) is 0 Å². The second kappa shape index (κ2) is 12.3. The Morgan fingerprint density at radius 1 is 1.33 bits per heavy atom. The van der Waals surface area contributed by atoms with E-state index in [0.717, 1.165) is 42.0 Å². The minimum atomic E-state index is -1.31. The lowest BCUT2D eigenvalue weighted by molar-refractivity contribution is -0.147. The van der Waals surface area contributed by atoms with Crippen molar-refractivity contribution in [3.8, 4) is 0 Å². The van der Waals surface area contributed by atoms with E-state index >= 15 is 0 Å². The molecule has 0 amide bonds. The monoisotopic (exact) mass is 524 g/mol. The number of hydrogen-bond donors (Lipinski definition) is 4. The molecule has 204 valence electrons. The van der Waals surface area contributed by atoms with Gasteiger partial charge in [0.2, 0.25) is 0 Å². The summed E-state index contributed by atoms with van der Waals surface area (Å²) in [5, 5.41) is 33.0. The summed E-state index contributed by atoms with van der Waals surface area (Å²) < 4.78 is 6.00. The molecule has 1 aromatic heterocycles. The Morgan fingerprint density at radius 2 is 1.97 bits per heavy atom. The zero-order chi connectivity index (χ0) is 27.4. The van der Waals surface area contributed by atoms with Crippen molar-refractivity contribution in [3.05, 3.63) is 21.7 Å². The van der Waals surface area contributed by atoms with Crippen molar-refractivity contribution >= 4 is 29.2 Å². The number of nitrogens with two attached hydrogens (primary N) is 1. The zero-order valence-corrected chi connectivity index (χ0v) is 23.5. The van der Waals surface area contributed by atoms with Gasteiger partial charge in [-0.25, -0.2) is 4.98 Å². The Bertz CT molecular complexity index is 944. The molecule has 1 aromatic rings. The van der Waals surface area contributed by atoms with Gasteiger partial charge >= 0.3 is 5.97 Å². The van der Waals surface area contributed by atoms with E-state index in [0.29, 0.717) is 0 Å². The second-order valence-electron chi connectivity index (χ2n) is 11.3.